The molecule has 5 nitrogen and oxygen atoms in total. The maximum atomic E-state index is 12.2. The zero-order valence-corrected chi connectivity index (χ0v) is 16.3. The van der Waals surface area contributed by atoms with Gasteiger partial charge in [-0.25, -0.2) is 4.79 Å². The third-order valence-electron chi connectivity index (χ3n) is 6.39. The van der Waals surface area contributed by atoms with Crippen LogP contribution in [0.5, 0.6) is 0 Å². The van der Waals surface area contributed by atoms with Crippen LogP contribution in [-0.2, 0) is 13.1 Å². The minimum absolute atomic E-state index is 0.109. The molecule has 0 radical (unpaired) electrons. The molecule has 2 atom stereocenters. The lowest BCUT2D eigenvalue weighted by molar-refractivity contribution is 0.114. The zero-order valence-electron chi connectivity index (χ0n) is 16.3. The first-order valence-electron chi connectivity index (χ1n) is 9.94. The van der Waals surface area contributed by atoms with Crippen molar-refractivity contribution in [2.45, 2.75) is 39.3 Å². The number of hydrogen-bond acceptors (Lipinski definition) is 4. The van der Waals surface area contributed by atoms with Gasteiger partial charge in [0.15, 0.2) is 0 Å². The van der Waals surface area contributed by atoms with E-state index in [4.69, 9.17) is 4.42 Å². The summed E-state index contributed by atoms with van der Waals surface area (Å²) in [6.07, 6.45) is 1.13. The lowest BCUT2D eigenvalue weighted by atomic mass is 9.83. The monoisotopic (exact) mass is 376 g/mol. The lowest BCUT2D eigenvalue weighted by Crippen LogP contribution is -2.46. The molecule has 2 aliphatic rings. The summed E-state index contributed by atoms with van der Waals surface area (Å²) in [5.74, 6) is 0.846. The van der Waals surface area contributed by atoms with Gasteiger partial charge in [-0.1, -0.05) is 6.07 Å². The number of nitrogens with zero attached hydrogens (tertiary/aromatic N) is 2. The van der Waals surface area contributed by atoms with Crippen molar-refractivity contribution in [3.8, 4) is 0 Å². The SMILES string of the molecule is Cc1cc2oc(=O)cc(CN3C[C@@H]4C[C@H](C3)c3cccc(=O)n3C4)c2cc1C. The van der Waals surface area contributed by atoms with Crippen LogP contribution >= 0.6 is 0 Å². The molecule has 0 aliphatic carbocycles. The summed E-state index contributed by atoms with van der Waals surface area (Å²) >= 11 is 0. The molecule has 2 aromatic heterocycles. The van der Waals surface area contributed by atoms with Crippen molar-refractivity contribution in [3.63, 3.8) is 0 Å². The van der Waals surface area contributed by atoms with Crippen LogP contribution in [0.3, 0.4) is 0 Å². The van der Waals surface area contributed by atoms with Gasteiger partial charge >= 0.3 is 5.63 Å². The second-order valence-corrected chi connectivity index (χ2v) is 8.42. The number of hydrogen-bond donors (Lipinski definition) is 0. The van der Waals surface area contributed by atoms with E-state index in [9.17, 15) is 9.59 Å². The fraction of sp³-hybridized carbons (Fsp3) is 0.391. The Morgan fingerprint density at radius 2 is 1.86 bits per heavy atom. The van der Waals surface area contributed by atoms with E-state index in [0.29, 0.717) is 17.4 Å². The Bertz CT molecular complexity index is 1190. The van der Waals surface area contributed by atoms with Crippen LogP contribution in [0, 0.1) is 19.8 Å². The maximum Gasteiger partial charge on any atom is 0.336 e. The fourth-order valence-corrected chi connectivity index (χ4v) is 4.98. The number of pyridine rings is 1. The van der Waals surface area contributed by atoms with Crippen molar-refractivity contribution in [1.82, 2.24) is 9.47 Å². The second kappa shape index (κ2) is 6.45. The van der Waals surface area contributed by atoms with E-state index in [2.05, 4.69) is 24.0 Å². The highest BCUT2D eigenvalue weighted by Gasteiger charge is 2.34. The largest absolute Gasteiger partial charge is 0.423 e. The molecule has 5 heteroatoms. The number of rotatable bonds is 2. The van der Waals surface area contributed by atoms with Gasteiger partial charge in [0.25, 0.3) is 5.56 Å². The fourth-order valence-electron chi connectivity index (χ4n) is 4.98. The molecule has 4 heterocycles. The molecule has 2 aliphatic heterocycles. The minimum atomic E-state index is -0.292. The highest BCUT2D eigenvalue weighted by Crippen LogP contribution is 2.36. The topological polar surface area (TPSA) is 55.5 Å². The van der Waals surface area contributed by atoms with E-state index in [1.165, 1.54) is 5.56 Å². The van der Waals surface area contributed by atoms with Gasteiger partial charge in [-0.05, 0) is 61.1 Å². The predicted octanol–water partition coefficient (Wildman–Crippen LogP) is 3.19. The smallest absolute Gasteiger partial charge is 0.336 e. The van der Waals surface area contributed by atoms with Gasteiger partial charge in [-0.15, -0.1) is 0 Å². The van der Waals surface area contributed by atoms with Crippen molar-refractivity contribution in [2.75, 3.05) is 13.1 Å². The molecule has 0 N–H and O–H groups in total. The Balaban J connectivity index is 1.49. The first-order chi connectivity index (χ1) is 13.5. The van der Waals surface area contributed by atoms with Gasteiger partial charge in [0.1, 0.15) is 5.58 Å². The number of piperidine rings is 1. The number of likely N-dealkylation sites (tertiary alicyclic amines) is 1. The third kappa shape index (κ3) is 2.90. The maximum absolute atomic E-state index is 12.2. The number of fused-ring (bicyclic) bond motifs is 5. The van der Waals surface area contributed by atoms with Crippen LogP contribution < -0.4 is 11.2 Å². The molecule has 1 aromatic carbocycles. The first kappa shape index (κ1) is 17.4. The van der Waals surface area contributed by atoms with Gasteiger partial charge in [-0.3, -0.25) is 9.69 Å². The third-order valence-corrected chi connectivity index (χ3v) is 6.39. The van der Waals surface area contributed by atoms with E-state index < -0.39 is 0 Å². The van der Waals surface area contributed by atoms with Crippen LogP contribution in [0.15, 0.2) is 50.4 Å². The summed E-state index contributed by atoms with van der Waals surface area (Å²) in [5, 5.41) is 1.02. The Hall–Kier alpha value is -2.66. The molecule has 0 amide bonds. The molecule has 3 aromatic rings. The van der Waals surface area contributed by atoms with Gasteiger partial charge < -0.3 is 8.98 Å². The number of aromatic nitrogens is 1. The molecular weight excluding hydrogens is 352 g/mol. The summed E-state index contributed by atoms with van der Waals surface area (Å²) in [4.78, 5) is 26.8. The van der Waals surface area contributed by atoms with Crippen LogP contribution in [0.4, 0.5) is 0 Å². The second-order valence-electron chi connectivity index (χ2n) is 8.42. The van der Waals surface area contributed by atoms with Crippen LogP contribution in [0.25, 0.3) is 11.0 Å². The Morgan fingerprint density at radius 3 is 2.71 bits per heavy atom. The summed E-state index contributed by atoms with van der Waals surface area (Å²) in [7, 11) is 0. The van der Waals surface area contributed by atoms with Crippen molar-refractivity contribution < 1.29 is 4.42 Å². The predicted molar refractivity (Wildman–Crippen MR) is 109 cm³/mol. The van der Waals surface area contributed by atoms with E-state index in [-0.39, 0.29) is 11.2 Å². The van der Waals surface area contributed by atoms with Crippen molar-refractivity contribution >= 4 is 11.0 Å². The number of benzene rings is 1. The quantitative estimate of drug-likeness (QED) is 0.645. The molecule has 0 unspecified atom stereocenters. The zero-order chi connectivity index (χ0) is 19.4. The Labute approximate surface area is 163 Å². The minimum Gasteiger partial charge on any atom is -0.423 e. The van der Waals surface area contributed by atoms with Gasteiger partial charge in [-0.2, -0.15) is 0 Å². The van der Waals surface area contributed by atoms with E-state index >= 15 is 0 Å². The van der Waals surface area contributed by atoms with Crippen LogP contribution in [0.2, 0.25) is 0 Å². The average molecular weight is 376 g/mol. The standard InChI is InChI=1S/C23H24N2O3/c1-14-6-19-17(9-23(27)28-21(19)7-15(14)2)12-24-10-16-8-18(13-24)20-4-3-5-22(26)25(20)11-16/h3-7,9,16,18H,8,10-13H2,1-2H3/t16-,18+/m0/s1. The Kier molecular flexibility index (Phi) is 4.02. The van der Waals surface area contributed by atoms with Gasteiger partial charge in [0.2, 0.25) is 0 Å². The van der Waals surface area contributed by atoms with E-state index in [1.54, 1.807) is 12.1 Å². The first-order valence-corrected chi connectivity index (χ1v) is 9.94. The molecule has 0 saturated carbocycles. The van der Waals surface area contributed by atoms with Gasteiger partial charge in [0, 0.05) is 55.3 Å². The molecule has 2 bridgehead atoms. The molecule has 1 saturated heterocycles. The van der Waals surface area contributed by atoms with E-state index in [0.717, 1.165) is 54.8 Å². The molecule has 0 spiro atoms. The molecule has 1 fully saturated rings. The molecule has 28 heavy (non-hydrogen) atoms. The van der Waals surface area contributed by atoms with Crippen molar-refractivity contribution in [2.24, 2.45) is 5.92 Å². The summed E-state index contributed by atoms with van der Waals surface area (Å²) < 4.78 is 7.40. The van der Waals surface area contributed by atoms with Crippen molar-refractivity contribution in [3.05, 3.63) is 79.6 Å². The summed E-state index contributed by atoms with van der Waals surface area (Å²) in [6, 6.07) is 11.3. The van der Waals surface area contributed by atoms with Crippen LogP contribution in [-0.4, -0.2) is 22.6 Å². The highest BCUT2D eigenvalue weighted by atomic mass is 16.4. The lowest BCUT2D eigenvalue weighted by Gasteiger charge is -2.42. The molecule has 5 rings (SSSR count). The van der Waals surface area contributed by atoms with Gasteiger partial charge in [0.05, 0.1) is 0 Å². The highest BCUT2D eigenvalue weighted by molar-refractivity contribution is 5.81. The Morgan fingerprint density at radius 1 is 1.04 bits per heavy atom. The van der Waals surface area contributed by atoms with Crippen LogP contribution in [0.1, 0.15) is 34.7 Å². The number of aryl methyl sites for hydroxylation is 2. The van der Waals surface area contributed by atoms with Crippen molar-refractivity contribution in [1.29, 1.82) is 0 Å². The average Bonchev–Trinajstić information content (AvgIpc) is 2.64. The van der Waals surface area contributed by atoms with E-state index in [1.807, 2.05) is 23.6 Å². The summed E-state index contributed by atoms with van der Waals surface area (Å²) in [5.41, 5.74) is 4.99. The molecular formula is C23H24N2O3. The summed E-state index contributed by atoms with van der Waals surface area (Å²) in [6.45, 7) is 7.50. The normalized spacial score (nSPS) is 21.6. The molecule has 144 valence electrons.